The highest BCUT2D eigenvalue weighted by Crippen LogP contribution is 2.08. The zero-order chi connectivity index (χ0) is 31.4. The van der Waals surface area contributed by atoms with Crippen LogP contribution in [-0.4, -0.2) is 91.0 Å². The molecular formula is C10H17B4F16N4O3-3. The molecule has 0 saturated carbocycles. The first-order valence-electron chi connectivity index (χ1n) is 8.47. The van der Waals surface area contributed by atoms with Crippen LogP contribution in [0.2, 0.25) is 0 Å². The molecule has 222 valence electrons. The number of halogens is 16. The fourth-order valence-electron chi connectivity index (χ4n) is 0.953. The average Bonchev–Trinajstić information content (AvgIpc) is 2.52. The standard InChI is InChI=1S/C10H17N4O3.4BF4/c1-6-16-9(15)8(7-11)12-17-10(13(2)3)14(4)5;4*2-1(3,4)5/h6H2,1-5H3;;;;/q+1;4*-1. The minimum atomic E-state index is -6.00. The van der Waals surface area contributed by atoms with Gasteiger partial charge in [0.1, 0.15) is 6.07 Å². The molecule has 0 radical (unpaired) electrons. The molecular weight excluding hydrogens is 571 g/mol. The highest BCUT2D eigenvalue weighted by Gasteiger charge is 2.22. The van der Waals surface area contributed by atoms with Gasteiger partial charge in [-0.05, 0) is 6.92 Å². The topological polar surface area (TPSA) is 77.9 Å². The van der Waals surface area contributed by atoms with Gasteiger partial charge in [-0.25, -0.2) is 14.3 Å². The van der Waals surface area contributed by atoms with E-state index in [2.05, 4.69) is 9.89 Å². The van der Waals surface area contributed by atoms with Crippen LogP contribution in [0.5, 0.6) is 0 Å². The number of carbonyl (C=O) groups is 1. The number of rotatable bonds is 3. The number of hydrogen-bond donors (Lipinski definition) is 0. The summed E-state index contributed by atoms with van der Waals surface area (Å²) in [5.74, 6) is -0.799. The summed E-state index contributed by atoms with van der Waals surface area (Å²) in [4.78, 5) is 17.9. The zero-order valence-electron chi connectivity index (χ0n) is 19.1. The van der Waals surface area contributed by atoms with E-state index in [1.165, 1.54) is 0 Å². The summed E-state index contributed by atoms with van der Waals surface area (Å²) in [5.41, 5.74) is -0.423. The molecule has 0 aromatic heterocycles. The number of ether oxygens (including phenoxy) is 1. The molecule has 0 saturated heterocycles. The molecule has 0 atom stereocenters. The molecule has 0 rings (SSSR count). The quantitative estimate of drug-likeness (QED) is 0.0898. The van der Waals surface area contributed by atoms with Crippen LogP contribution in [-0.2, 0) is 14.4 Å². The van der Waals surface area contributed by atoms with Crippen LogP contribution in [0.1, 0.15) is 6.92 Å². The molecule has 0 N–H and O–H groups in total. The van der Waals surface area contributed by atoms with Gasteiger partial charge in [0.15, 0.2) is 0 Å². The Bertz CT molecular complexity index is 655. The maximum absolute atomic E-state index is 11.2. The van der Waals surface area contributed by atoms with Crippen LogP contribution < -0.4 is 0 Å². The smallest absolute Gasteiger partial charge is 0.461 e. The number of amidine groups is 1. The number of carbonyl (C=O) groups excluding carboxylic acids is 1. The number of oxime groups is 1. The van der Waals surface area contributed by atoms with Gasteiger partial charge in [0.25, 0.3) is 5.71 Å². The first-order valence-corrected chi connectivity index (χ1v) is 8.47. The maximum atomic E-state index is 11.2. The first kappa shape index (κ1) is 44.1. The number of nitrogens with zero attached hydrogens (tertiary/aromatic N) is 4. The Hall–Kier alpha value is -2.96. The molecule has 0 aliphatic heterocycles. The van der Waals surface area contributed by atoms with Crippen LogP contribution in [0.15, 0.2) is 5.16 Å². The third-order valence-corrected chi connectivity index (χ3v) is 1.56. The minimum absolute atomic E-state index is 0.178. The van der Waals surface area contributed by atoms with Crippen LogP contribution in [0.4, 0.5) is 69.1 Å². The molecule has 0 bridgehead atoms. The normalized spacial score (nSPS) is 11.2. The molecule has 0 amide bonds. The largest absolute Gasteiger partial charge is 0.673 e. The summed E-state index contributed by atoms with van der Waals surface area (Å²) in [6.07, 6.45) is 0. The molecule has 0 aromatic carbocycles. The maximum Gasteiger partial charge on any atom is 0.673 e. The van der Waals surface area contributed by atoms with E-state index in [0.717, 1.165) is 0 Å². The highest BCUT2D eigenvalue weighted by atomic mass is 19.5. The van der Waals surface area contributed by atoms with Gasteiger partial charge in [-0.2, -0.15) is 5.26 Å². The second kappa shape index (κ2) is 20.1. The van der Waals surface area contributed by atoms with Crippen LogP contribution in [0.3, 0.4) is 0 Å². The van der Waals surface area contributed by atoms with E-state index in [1.54, 1.807) is 50.7 Å². The number of hydrogen-bond acceptors (Lipinski definition) is 5. The SMILES string of the molecule is CCOC(=O)C(C#N)=NOC(N(C)C)=[N+](C)C.F[B-](F)(F)F.F[B-](F)(F)F.F[B-](F)(F)F.F[B-](F)(F)F. The minimum Gasteiger partial charge on any atom is -0.461 e. The van der Waals surface area contributed by atoms with Crippen LogP contribution in [0, 0.1) is 11.3 Å². The van der Waals surface area contributed by atoms with Gasteiger partial charge >= 0.3 is 41.0 Å². The van der Waals surface area contributed by atoms with Crippen molar-refractivity contribution in [1.82, 2.24) is 4.90 Å². The van der Waals surface area contributed by atoms with E-state index in [-0.39, 0.29) is 6.61 Å². The lowest BCUT2D eigenvalue weighted by molar-refractivity contribution is -0.480. The van der Waals surface area contributed by atoms with E-state index in [4.69, 9.17) is 10.1 Å². The number of esters is 1. The van der Waals surface area contributed by atoms with E-state index in [0.29, 0.717) is 6.02 Å². The Morgan fingerprint density at radius 1 is 0.784 bits per heavy atom. The summed E-state index contributed by atoms with van der Waals surface area (Å²) in [6, 6.07) is 2.01. The summed E-state index contributed by atoms with van der Waals surface area (Å²) >= 11 is 0. The van der Waals surface area contributed by atoms with Gasteiger partial charge in [0, 0.05) is 0 Å². The van der Waals surface area contributed by atoms with Gasteiger partial charge in [0.2, 0.25) is 0 Å². The van der Waals surface area contributed by atoms with Crippen LogP contribution >= 0.6 is 0 Å². The molecule has 0 aliphatic carbocycles. The Morgan fingerprint density at radius 3 is 1.22 bits per heavy atom. The molecule has 0 aromatic rings. The van der Waals surface area contributed by atoms with E-state index in [9.17, 15) is 73.8 Å². The fraction of sp³-hybridized carbons (Fsp3) is 0.600. The molecule has 0 heterocycles. The Labute approximate surface area is 199 Å². The molecule has 27 heteroatoms. The Morgan fingerprint density at radius 2 is 1.05 bits per heavy atom. The predicted molar refractivity (Wildman–Crippen MR) is 102 cm³/mol. The van der Waals surface area contributed by atoms with Gasteiger partial charge in [0.05, 0.1) is 34.8 Å². The lowest BCUT2D eigenvalue weighted by atomic mass is 10.3. The van der Waals surface area contributed by atoms with Gasteiger partial charge in [-0.15, -0.1) is 0 Å². The first-order chi connectivity index (χ1) is 15.9. The fourth-order valence-corrected chi connectivity index (χ4v) is 0.953. The average molecular weight is 588 g/mol. The van der Waals surface area contributed by atoms with Crippen molar-refractivity contribution in [1.29, 1.82) is 5.26 Å². The molecule has 0 unspecified atom stereocenters. The Balaban J connectivity index is -0.000000139. The van der Waals surface area contributed by atoms with Crippen molar-refractivity contribution < 1.29 is 88.0 Å². The monoisotopic (exact) mass is 589 g/mol. The second-order valence-electron chi connectivity index (χ2n) is 5.41. The summed E-state index contributed by atoms with van der Waals surface area (Å²) in [7, 11) is -17.0. The molecule has 0 fully saturated rings. The lowest BCUT2D eigenvalue weighted by Gasteiger charge is -2.07. The predicted octanol–water partition coefficient (Wildman–Crippen LogP) is 4.84. The third kappa shape index (κ3) is 87.8. The molecule has 0 spiro atoms. The second-order valence-corrected chi connectivity index (χ2v) is 5.41. The lowest BCUT2D eigenvalue weighted by Crippen LogP contribution is -2.31. The number of nitriles is 1. The van der Waals surface area contributed by atoms with Gasteiger partial charge in [-0.3, -0.25) is 4.84 Å². The van der Waals surface area contributed by atoms with E-state index < -0.39 is 40.7 Å². The van der Waals surface area contributed by atoms with Crippen molar-refractivity contribution in [3.05, 3.63) is 0 Å². The van der Waals surface area contributed by atoms with Crippen molar-refractivity contribution in [2.24, 2.45) is 5.16 Å². The van der Waals surface area contributed by atoms with Crippen molar-refractivity contribution in [2.45, 2.75) is 6.92 Å². The third-order valence-electron chi connectivity index (χ3n) is 1.56. The molecule has 0 aliphatic rings. The van der Waals surface area contributed by atoms with E-state index >= 15 is 0 Å². The van der Waals surface area contributed by atoms with Crippen molar-refractivity contribution in [3.8, 4) is 6.07 Å². The van der Waals surface area contributed by atoms with E-state index in [1.807, 2.05) is 0 Å². The molecule has 37 heavy (non-hydrogen) atoms. The summed E-state index contributed by atoms with van der Waals surface area (Å²) in [5, 5.41) is 12.2. The zero-order valence-corrected chi connectivity index (χ0v) is 19.1. The van der Waals surface area contributed by atoms with Crippen molar-refractivity contribution >= 4 is 46.7 Å². The van der Waals surface area contributed by atoms with Crippen molar-refractivity contribution in [3.63, 3.8) is 0 Å². The van der Waals surface area contributed by atoms with Gasteiger partial charge < -0.3 is 73.8 Å². The van der Waals surface area contributed by atoms with Crippen LogP contribution in [0.25, 0.3) is 0 Å². The summed E-state index contributed by atoms with van der Waals surface area (Å²) < 4.78 is 162. The van der Waals surface area contributed by atoms with Crippen molar-refractivity contribution in [2.75, 3.05) is 34.8 Å². The Kier molecular flexibility index (Phi) is 24.0. The summed E-state index contributed by atoms with van der Waals surface area (Å²) in [6.45, 7) is 1.82. The highest BCUT2D eigenvalue weighted by molar-refractivity contribution is 6.51. The van der Waals surface area contributed by atoms with Gasteiger partial charge in [-0.1, -0.05) is 5.16 Å². The molecule has 7 nitrogen and oxygen atoms in total.